The highest BCUT2D eigenvalue weighted by molar-refractivity contribution is 6.33. The molecule has 2 aromatic rings. The molecule has 0 bridgehead atoms. The quantitative estimate of drug-likeness (QED) is 0.332. The number of hydrogen-bond acceptors (Lipinski definition) is 5. The Hall–Kier alpha value is -2.73. The van der Waals surface area contributed by atoms with Gasteiger partial charge in [-0.1, -0.05) is 42.8 Å². The third kappa shape index (κ3) is 4.42. The number of esters is 1. The van der Waals surface area contributed by atoms with Crippen molar-refractivity contribution in [3.8, 4) is 0 Å². The highest BCUT2D eigenvalue weighted by Gasteiger charge is 2.23. The van der Waals surface area contributed by atoms with Gasteiger partial charge in [-0.3, -0.25) is 14.9 Å². The number of Topliss-reactive ketones (excluding diaryl/α,β-unsaturated/α-hetero) is 1. The van der Waals surface area contributed by atoms with Crippen molar-refractivity contribution in [2.75, 3.05) is 0 Å². The third-order valence-corrected chi connectivity index (χ3v) is 4.01. The first-order valence-corrected chi connectivity index (χ1v) is 7.99. The molecule has 0 fully saturated rings. The maximum Gasteiger partial charge on any atom is 0.340 e. The summed E-state index contributed by atoms with van der Waals surface area (Å²) in [4.78, 5) is 34.7. The van der Waals surface area contributed by atoms with Crippen LogP contribution in [0.15, 0.2) is 42.5 Å². The van der Waals surface area contributed by atoms with Gasteiger partial charge in [0.25, 0.3) is 5.69 Å². The molecule has 0 aliphatic heterocycles. The highest BCUT2D eigenvalue weighted by Crippen LogP contribution is 2.23. The van der Waals surface area contributed by atoms with Crippen LogP contribution < -0.4 is 0 Å². The van der Waals surface area contributed by atoms with Gasteiger partial charge in [-0.05, 0) is 25.0 Å². The molecule has 2 rings (SSSR count). The Morgan fingerprint density at radius 3 is 2.40 bits per heavy atom. The van der Waals surface area contributed by atoms with Crippen LogP contribution in [-0.2, 0) is 11.2 Å². The first-order valence-electron chi connectivity index (χ1n) is 7.61. The summed E-state index contributed by atoms with van der Waals surface area (Å²) in [5.41, 5.74) is 1.06. The Balaban J connectivity index is 2.15. The maximum absolute atomic E-state index is 12.4. The van der Waals surface area contributed by atoms with Crippen molar-refractivity contribution in [3.63, 3.8) is 0 Å². The fourth-order valence-electron chi connectivity index (χ4n) is 2.20. The Kier molecular flexibility index (Phi) is 5.88. The average Bonchev–Trinajstić information content (AvgIpc) is 2.61. The van der Waals surface area contributed by atoms with E-state index >= 15 is 0 Å². The molecule has 0 saturated carbocycles. The van der Waals surface area contributed by atoms with Crippen LogP contribution in [-0.4, -0.2) is 22.8 Å². The van der Waals surface area contributed by atoms with Gasteiger partial charge in [0.1, 0.15) is 0 Å². The Morgan fingerprint density at radius 2 is 1.84 bits per heavy atom. The minimum absolute atomic E-state index is 0.0162. The average molecular weight is 362 g/mol. The number of halogens is 1. The highest BCUT2D eigenvalue weighted by atomic mass is 35.5. The smallest absolute Gasteiger partial charge is 0.340 e. The van der Waals surface area contributed by atoms with Gasteiger partial charge < -0.3 is 4.74 Å². The van der Waals surface area contributed by atoms with Gasteiger partial charge in [-0.2, -0.15) is 0 Å². The van der Waals surface area contributed by atoms with Crippen LogP contribution in [0.3, 0.4) is 0 Å². The Bertz CT molecular complexity index is 817. The molecular weight excluding hydrogens is 346 g/mol. The molecule has 6 nitrogen and oxygen atoms in total. The molecule has 0 aliphatic carbocycles. The lowest BCUT2D eigenvalue weighted by atomic mass is 10.0. The molecule has 0 spiro atoms. The van der Waals surface area contributed by atoms with Gasteiger partial charge in [0.2, 0.25) is 5.78 Å². The molecule has 0 saturated heterocycles. The first-order chi connectivity index (χ1) is 11.8. The molecule has 0 aromatic heterocycles. The predicted octanol–water partition coefficient (Wildman–Crippen LogP) is 4.24. The first kappa shape index (κ1) is 18.6. The van der Waals surface area contributed by atoms with E-state index in [1.807, 2.05) is 19.1 Å². The summed E-state index contributed by atoms with van der Waals surface area (Å²) >= 11 is 5.90. The molecule has 130 valence electrons. The number of ketones is 1. The van der Waals surface area contributed by atoms with Gasteiger partial charge >= 0.3 is 5.97 Å². The van der Waals surface area contributed by atoms with Gasteiger partial charge in [-0.25, -0.2) is 4.79 Å². The summed E-state index contributed by atoms with van der Waals surface area (Å²) in [6.07, 6.45) is -0.195. The SMILES string of the molecule is CCc1ccc(C(=O)[C@H](C)OC(=O)c2cc([N+](=O)[O-])ccc2Cl)cc1. The van der Waals surface area contributed by atoms with Gasteiger partial charge in [0.05, 0.1) is 15.5 Å². The molecule has 0 aliphatic rings. The van der Waals surface area contributed by atoms with Crippen molar-refractivity contribution < 1.29 is 19.2 Å². The lowest BCUT2D eigenvalue weighted by Crippen LogP contribution is -2.24. The van der Waals surface area contributed by atoms with Gasteiger partial charge in [0.15, 0.2) is 6.10 Å². The van der Waals surface area contributed by atoms with Crippen molar-refractivity contribution in [3.05, 3.63) is 74.3 Å². The second-order valence-corrected chi connectivity index (χ2v) is 5.79. The zero-order chi connectivity index (χ0) is 18.6. The minimum Gasteiger partial charge on any atom is -0.451 e. The molecule has 25 heavy (non-hydrogen) atoms. The molecular formula is C18H16ClNO5. The van der Waals surface area contributed by atoms with Crippen LogP contribution >= 0.6 is 11.6 Å². The van der Waals surface area contributed by atoms with Crippen molar-refractivity contribution in [2.24, 2.45) is 0 Å². The standard InChI is InChI=1S/C18H16ClNO5/c1-3-12-4-6-13(7-5-12)17(21)11(2)25-18(22)15-10-14(20(23)24)8-9-16(15)19/h4-11H,3H2,1-2H3/t11-/m0/s1. The summed E-state index contributed by atoms with van der Waals surface area (Å²) in [6.45, 7) is 3.45. The van der Waals surface area contributed by atoms with Crippen molar-refractivity contribution in [1.82, 2.24) is 0 Å². The monoisotopic (exact) mass is 361 g/mol. The van der Waals surface area contributed by atoms with E-state index in [9.17, 15) is 19.7 Å². The lowest BCUT2D eigenvalue weighted by molar-refractivity contribution is -0.384. The number of hydrogen-bond donors (Lipinski definition) is 0. The number of ether oxygens (including phenoxy) is 1. The minimum atomic E-state index is -1.05. The lowest BCUT2D eigenvalue weighted by Gasteiger charge is -2.13. The van der Waals surface area contributed by atoms with Gasteiger partial charge in [0, 0.05) is 17.7 Å². The largest absolute Gasteiger partial charge is 0.451 e. The molecule has 0 heterocycles. The van der Waals surface area contributed by atoms with Crippen LogP contribution in [0.1, 0.15) is 40.1 Å². The third-order valence-electron chi connectivity index (χ3n) is 3.68. The van der Waals surface area contributed by atoms with Crippen LogP contribution in [0.4, 0.5) is 5.69 Å². The van der Waals surface area contributed by atoms with E-state index in [1.54, 1.807) is 12.1 Å². The van der Waals surface area contributed by atoms with Crippen molar-refractivity contribution >= 4 is 29.0 Å². The van der Waals surface area contributed by atoms with E-state index < -0.39 is 17.0 Å². The number of rotatable bonds is 6. The van der Waals surface area contributed by atoms with E-state index in [2.05, 4.69) is 0 Å². The second-order valence-electron chi connectivity index (χ2n) is 5.38. The normalized spacial score (nSPS) is 11.6. The van der Waals surface area contributed by atoms with Crippen LogP contribution in [0.5, 0.6) is 0 Å². The zero-order valence-electron chi connectivity index (χ0n) is 13.7. The van der Waals surface area contributed by atoms with E-state index in [1.165, 1.54) is 19.1 Å². The summed E-state index contributed by atoms with van der Waals surface area (Å²) in [6, 6.07) is 10.5. The number of nitro benzene ring substituents is 1. The van der Waals surface area contributed by atoms with E-state index in [0.717, 1.165) is 18.1 Å². The van der Waals surface area contributed by atoms with Crippen LogP contribution in [0.2, 0.25) is 5.02 Å². The Labute approximate surface area is 149 Å². The van der Waals surface area contributed by atoms with E-state index in [4.69, 9.17) is 16.3 Å². The summed E-state index contributed by atoms with van der Waals surface area (Å²) < 4.78 is 5.13. The van der Waals surface area contributed by atoms with Crippen LogP contribution in [0, 0.1) is 10.1 Å². The number of nitrogens with zero attached hydrogens (tertiary/aromatic N) is 1. The maximum atomic E-state index is 12.4. The fraction of sp³-hybridized carbons (Fsp3) is 0.222. The predicted molar refractivity (Wildman–Crippen MR) is 93.1 cm³/mol. The summed E-state index contributed by atoms with van der Waals surface area (Å²) in [5, 5.41) is 10.8. The number of non-ortho nitro benzene ring substituents is 1. The molecule has 0 amide bonds. The zero-order valence-corrected chi connectivity index (χ0v) is 14.4. The van der Waals surface area contributed by atoms with E-state index in [0.29, 0.717) is 5.56 Å². The molecule has 1 atom stereocenters. The summed E-state index contributed by atoms with van der Waals surface area (Å²) in [5.74, 6) is -1.25. The molecule has 2 aromatic carbocycles. The molecule has 0 N–H and O–H groups in total. The number of nitro groups is 1. The number of carbonyl (C=O) groups is 2. The van der Waals surface area contributed by atoms with Crippen molar-refractivity contribution in [1.29, 1.82) is 0 Å². The Morgan fingerprint density at radius 1 is 1.20 bits per heavy atom. The number of benzene rings is 2. The molecule has 7 heteroatoms. The number of carbonyl (C=O) groups excluding carboxylic acids is 2. The second kappa shape index (κ2) is 7.90. The molecule has 0 radical (unpaired) electrons. The number of aryl methyl sites for hydroxylation is 1. The molecule has 0 unspecified atom stereocenters. The topological polar surface area (TPSA) is 86.5 Å². The van der Waals surface area contributed by atoms with Crippen molar-refractivity contribution in [2.45, 2.75) is 26.4 Å². The van der Waals surface area contributed by atoms with Gasteiger partial charge in [-0.15, -0.1) is 0 Å². The summed E-state index contributed by atoms with van der Waals surface area (Å²) in [7, 11) is 0. The van der Waals surface area contributed by atoms with Crippen LogP contribution in [0.25, 0.3) is 0 Å². The fourth-order valence-corrected chi connectivity index (χ4v) is 2.39. The van der Waals surface area contributed by atoms with E-state index in [-0.39, 0.29) is 22.1 Å².